The van der Waals surface area contributed by atoms with Crippen LogP contribution in [-0.4, -0.2) is 43.7 Å². The second-order valence-corrected chi connectivity index (χ2v) is 7.11. The van der Waals surface area contributed by atoms with Crippen LogP contribution in [0.4, 0.5) is 5.69 Å². The lowest BCUT2D eigenvalue weighted by Gasteiger charge is -2.36. The first-order valence-corrected chi connectivity index (χ1v) is 8.55. The van der Waals surface area contributed by atoms with E-state index in [4.69, 9.17) is 22.1 Å². The van der Waals surface area contributed by atoms with Gasteiger partial charge in [-0.2, -0.15) is 0 Å². The Hall–Kier alpha value is -1.22. The molecule has 0 spiro atoms. The van der Waals surface area contributed by atoms with Crippen LogP contribution in [0.25, 0.3) is 0 Å². The quantitative estimate of drug-likeness (QED) is 0.792. The molecular formula is C13H19N3O3S2. The molecule has 0 aliphatic carbocycles. The van der Waals surface area contributed by atoms with Crippen molar-refractivity contribution < 1.29 is 13.2 Å². The van der Waals surface area contributed by atoms with Gasteiger partial charge in [-0.15, -0.1) is 0 Å². The van der Waals surface area contributed by atoms with Gasteiger partial charge in [0, 0.05) is 18.8 Å². The number of nitrogens with zero attached hydrogens (tertiary/aromatic N) is 1. The normalized spacial score (nSPS) is 22.9. The summed E-state index contributed by atoms with van der Waals surface area (Å²) in [6, 6.07) is 6.17. The first kappa shape index (κ1) is 16.2. The lowest BCUT2D eigenvalue weighted by molar-refractivity contribution is -0.0473. The maximum Gasteiger partial charge on any atom is 0.238 e. The number of ether oxygens (including phenoxy) is 1. The van der Waals surface area contributed by atoms with E-state index in [1.807, 2.05) is 18.7 Å². The van der Waals surface area contributed by atoms with Gasteiger partial charge in [-0.1, -0.05) is 0 Å². The Bertz CT molecular complexity index is 606. The number of hydrogen-bond donors (Lipinski definition) is 2. The van der Waals surface area contributed by atoms with E-state index in [9.17, 15) is 8.42 Å². The highest BCUT2D eigenvalue weighted by Gasteiger charge is 2.23. The molecule has 1 aromatic carbocycles. The highest BCUT2D eigenvalue weighted by molar-refractivity contribution is 7.89. The zero-order chi connectivity index (χ0) is 15.6. The topological polar surface area (TPSA) is 84.7 Å². The molecule has 0 unspecified atom stereocenters. The molecule has 0 amide bonds. The molecule has 0 bridgehead atoms. The monoisotopic (exact) mass is 329 g/mol. The number of morpholine rings is 1. The number of nitrogens with one attached hydrogen (secondary N) is 1. The van der Waals surface area contributed by atoms with E-state index in [2.05, 4.69) is 5.32 Å². The molecule has 1 fully saturated rings. The average Bonchev–Trinajstić information content (AvgIpc) is 2.37. The Balaban J connectivity index is 2.03. The number of benzene rings is 1. The van der Waals surface area contributed by atoms with Gasteiger partial charge in [0.2, 0.25) is 10.0 Å². The van der Waals surface area contributed by atoms with E-state index in [1.54, 1.807) is 12.1 Å². The van der Waals surface area contributed by atoms with E-state index in [0.717, 1.165) is 18.8 Å². The van der Waals surface area contributed by atoms with Crippen LogP contribution in [0.2, 0.25) is 0 Å². The summed E-state index contributed by atoms with van der Waals surface area (Å²) in [6.45, 7) is 5.47. The molecule has 8 heteroatoms. The highest BCUT2D eigenvalue weighted by atomic mass is 32.2. The second kappa shape index (κ2) is 6.27. The largest absolute Gasteiger partial charge is 0.372 e. The van der Waals surface area contributed by atoms with Gasteiger partial charge in [0.25, 0.3) is 0 Å². The van der Waals surface area contributed by atoms with Crippen molar-refractivity contribution in [2.24, 2.45) is 5.14 Å². The van der Waals surface area contributed by atoms with Crippen LogP contribution in [-0.2, 0) is 14.8 Å². The van der Waals surface area contributed by atoms with E-state index in [1.165, 1.54) is 12.1 Å². The lowest BCUT2D eigenvalue weighted by atomic mass is 10.2. The van der Waals surface area contributed by atoms with Gasteiger partial charge in [-0.05, 0) is 50.3 Å². The molecule has 1 heterocycles. The summed E-state index contributed by atoms with van der Waals surface area (Å²) in [7, 11) is -3.67. The predicted octanol–water partition coefficient (Wildman–Crippen LogP) is 1.14. The summed E-state index contributed by atoms with van der Waals surface area (Å²) in [5, 5.41) is 8.75. The van der Waals surface area contributed by atoms with E-state index in [0.29, 0.717) is 5.11 Å². The zero-order valence-electron chi connectivity index (χ0n) is 11.9. The third-order valence-corrected chi connectivity index (χ3v) is 4.43. The Morgan fingerprint density at radius 1 is 1.29 bits per heavy atom. The fourth-order valence-corrected chi connectivity index (χ4v) is 3.06. The Morgan fingerprint density at radius 2 is 1.81 bits per heavy atom. The molecule has 1 aliphatic rings. The van der Waals surface area contributed by atoms with Crippen LogP contribution < -0.4 is 10.5 Å². The Morgan fingerprint density at radius 3 is 2.29 bits per heavy atom. The van der Waals surface area contributed by atoms with E-state index < -0.39 is 10.0 Å². The van der Waals surface area contributed by atoms with Crippen LogP contribution in [0.1, 0.15) is 13.8 Å². The third-order valence-electron chi connectivity index (χ3n) is 3.14. The minimum absolute atomic E-state index is 0.0765. The minimum atomic E-state index is -3.67. The van der Waals surface area contributed by atoms with Gasteiger partial charge in [0.05, 0.1) is 17.1 Å². The second-order valence-electron chi connectivity index (χ2n) is 5.16. The molecule has 2 rings (SSSR count). The zero-order valence-corrected chi connectivity index (χ0v) is 13.6. The number of sulfonamides is 1. The molecule has 21 heavy (non-hydrogen) atoms. The molecule has 3 N–H and O–H groups in total. The molecule has 1 aromatic rings. The lowest BCUT2D eigenvalue weighted by Crippen LogP contribution is -2.49. The highest BCUT2D eigenvalue weighted by Crippen LogP contribution is 2.16. The maximum atomic E-state index is 11.2. The number of primary sulfonamides is 1. The molecule has 0 saturated carbocycles. The number of anilines is 1. The smallest absolute Gasteiger partial charge is 0.238 e. The molecule has 2 atom stereocenters. The number of rotatable bonds is 2. The summed E-state index contributed by atoms with van der Waals surface area (Å²) in [5.74, 6) is 0. The summed E-state index contributed by atoms with van der Waals surface area (Å²) >= 11 is 5.38. The van der Waals surface area contributed by atoms with Gasteiger partial charge >= 0.3 is 0 Å². The molecular weight excluding hydrogens is 310 g/mol. The molecule has 116 valence electrons. The molecule has 1 aliphatic heterocycles. The van der Waals surface area contributed by atoms with Crippen molar-refractivity contribution in [1.82, 2.24) is 4.90 Å². The summed E-state index contributed by atoms with van der Waals surface area (Å²) in [4.78, 5) is 2.12. The van der Waals surface area contributed by atoms with Gasteiger partial charge in [0.1, 0.15) is 0 Å². The molecule has 0 aromatic heterocycles. The average molecular weight is 329 g/mol. The fraction of sp³-hybridized carbons (Fsp3) is 0.462. The maximum absolute atomic E-state index is 11.2. The Kier molecular flexibility index (Phi) is 4.82. The number of hydrogen-bond acceptors (Lipinski definition) is 4. The van der Waals surface area contributed by atoms with Crippen molar-refractivity contribution >= 4 is 33.0 Å². The van der Waals surface area contributed by atoms with Crippen molar-refractivity contribution in [3.8, 4) is 0 Å². The summed E-state index contributed by atoms with van der Waals surface area (Å²) in [6.07, 6.45) is 0.247. The van der Waals surface area contributed by atoms with Crippen molar-refractivity contribution in [3.05, 3.63) is 24.3 Å². The van der Waals surface area contributed by atoms with Crippen LogP contribution in [0, 0.1) is 0 Å². The third kappa shape index (κ3) is 4.37. The first-order chi connectivity index (χ1) is 9.75. The van der Waals surface area contributed by atoms with Gasteiger partial charge in [-0.25, -0.2) is 13.6 Å². The van der Waals surface area contributed by atoms with Gasteiger partial charge < -0.3 is 15.0 Å². The van der Waals surface area contributed by atoms with Crippen LogP contribution in [0.15, 0.2) is 29.2 Å². The minimum Gasteiger partial charge on any atom is -0.372 e. The fourth-order valence-electron chi connectivity index (χ4n) is 2.27. The van der Waals surface area contributed by atoms with Crippen molar-refractivity contribution in [2.75, 3.05) is 18.4 Å². The SMILES string of the molecule is C[C@@H]1CN(C(=S)Nc2ccc(S(N)(=O)=O)cc2)C[C@H](C)O1. The Labute approximate surface area is 130 Å². The summed E-state index contributed by atoms with van der Waals surface area (Å²) < 4.78 is 28.1. The number of nitrogens with two attached hydrogens (primary N) is 1. The van der Waals surface area contributed by atoms with Crippen LogP contribution >= 0.6 is 12.2 Å². The standard InChI is InChI=1S/C13H19N3O3S2/c1-9-7-16(8-10(2)19-9)13(20)15-11-3-5-12(6-4-11)21(14,17)18/h3-6,9-10H,7-8H2,1-2H3,(H,15,20)(H2,14,17,18)/t9-,10+. The van der Waals surface area contributed by atoms with Crippen LogP contribution in [0.3, 0.4) is 0 Å². The van der Waals surface area contributed by atoms with Crippen LogP contribution in [0.5, 0.6) is 0 Å². The first-order valence-electron chi connectivity index (χ1n) is 6.60. The van der Waals surface area contributed by atoms with Crippen molar-refractivity contribution in [3.63, 3.8) is 0 Å². The molecule has 1 saturated heterocycles. The number of thiocarbonyl (C=S) groups is 1. The van der Waals surface area contributed by atoms with E-state index >= 15 is 0 Å². The summed E-state index contributed by atoms with van der Waals surface area (Å²) in [5.41, 5.74) is 0.721. The van der Waals surface area contributed by atoms with Gasteiger partial charge in [0.15, 0.2) is 5.11 Å². The van der Waals surface area contributed by atoms with Crippen molar-refractivity contribution in [2.45, 2.75) is 31.0 Å². The van der Waals surface area contributed by atoms with E-state index in [-0.39, 0.29) is 17.1 Å². The van der Waals surface area contributed by atoms with Gasteiger partial charge in [-0.3, -0.25) is 0 Å². The van der Waals surface area contributed by atoms with Crippen molar-refractivity contribution in [1.29, 1.82) is 0 Å². The predicted molar refractivity (Wildman–Crippen MR) is 85.6 cm³/mol. The molecule has 6 nitrogen and oxygen atoms in total. The molecule has 0 radical (unpaired) electrons.